The van der Waals surface area contributed by atoms with Crippen LogP contribution in [0.2, 0.25) is 0 Å². The Morgan fingerprint density at radius 1 is 1.29 bits per heavy atom. The van der Waals surface area contributed by atoms with Crippen molar-refractivity contribution in [3.8, 4) is 0 Å². The summed E-state index contributed by atoms with van der Waals surface area (Å²) in [5.74, 6) is -0.709. The maximum Gasteiger partial charge on any atom is 0.338 e. The lowest BCUT2D eigenvalue weighted by Crippen LogP contribution is -2.12. The first kappa shape index (κ1) is 11.4. The van der Waals surface area contributed by atoms with E-state index < -0.39 is 5.97 Å². The van der Waals surface area contributed by atoms with Gasteiger partial charge in [-0.05, 0) is 17.7 Å². The number of benzene rings is 1. The van der Waals surface area contributed by atoms with Crippen LogP contribution in [0.3, 0.4) is 0 Å². The average Bonchev–Trinajstić information content (AvgIpc) is 2.39. The summed E-state index contributed by atoms with van der Waals surface area (Å²) in [4.78, 5) is 22.7. The fraction of sp³-hybridized carbons (Fsp3) is 0.231. The number of hydrogen-bond acceptors (Lipinski definition) is 4. The zero-order valence-corrected chi connectivity index (χ0v) is 9.43. The molecule has 0 aliphatic carbocycles. The zero-order chi connectivity index (χ0) is 12.3. The third-order valence-electron chi connectivity index (χ3n) is 2.54. The van der Waals surface area contributed by atoms with Gasteiger partial charge in [0.05, 0.1) is 24.9 Å². The lowest BCUT2D eigenvalue weighted by Gasteiger charge is -2.13. The van der Waals surface area contributed by atoms with Crippen LogP contribution >= 0.6 is 0 Å². The number of esters is 2. The minimum atomic E-state index is -0.392. The molecule has 0 unspecified atom stereocenters. The molecule has 0 radical (unpaired) electrons. The zero-order valence-electron chi connectivity index (χ0n) is 9.43. The van der Waals surface area contributed by atoms with Gasteiger partial charge in [-0.25, -0.2) is 9.59 Å². The van der Waals surface area contributed by atoms with Gasteiger partial charge in [0.2, 0.25) is 0 Å². The van der Waals surface area contributed by atoms with Crippen molar-refractivity contribution in [1.82, 2.24) is 0 Å². The lowest BCUT2D eigenvalue weighted by atomic mass is 10.0. The highest BCUT2D eigenvalue weighted by Crippen LogP contribution is 2.20. The van der Waals surface area contributed by atoms with Crippen molar-refractivity contribution in [2.75, 3.05) is 13.7 Å². The quantitative estimate of drug-likeness (QED) is 0.729. The van der Waals surface area contributed by atoms with Crippen LogP contribution in [-0.4, -0.2) is 25.7 Å². The molecule has 0 spiro atoms. The van der Waals surface area contributed by atoms with Crippen molar-refractivity contribution in [1.29, 1.82) is 0 Å². The Labute approximate surface area is 98.8 Å². The molecule has 1 aromatic carbocycles. The van der Waals surface area contributed by atoms with E-state index in [4.69, 9.17) is 4.74 Å². The molecule has 88 valence electrons. The van der Waals surface area contributed by atoms with E-state index in [1.54, 1.807) is 24.3 Å². The van der Waals surface area contributed by atoms with E-state index in [0.717, 1.165) is 12.0 Å². The molecular weight excluding hydrogens is 220 g/mol. The largest absolute Gasteiger partial charge is 0.465 e. The van der Waals surface area contributed by atoms with E-state index in [9.17, 15) is 9.59 Å². The summed E-state index contributed by atoms with van der Waals surface area (Å²) in [6.45, 7) is 0.433. The highest BCUT2D eigenvalue weighted by Gasteiger charge is 2.17. The van der Waals surface area contributed by atoms with Gasteiger partial charge in [0.15, 0.2) is 0 Å². The van der Waals surface area contributed by atoms with E-state index in [-0.39, 0.29) is 5.97 Å². The molecule has 0 N–H and O–H groups in total. The molecule has 0 saturated carbocycles. The van der Waals surface area contributed by atoms with Crippen LogP contribution in [0.25, 0.3) is 5.57 Å². The van der Waals surface area contributed by atoms with Crippen molar-refractivity contribution < 1.29 is 19.1 Å². The molecule has 17 heavy (non-hydrogen) atoms. The summed E-state index contributed by atoms with van der Waals surface area (Å²) in [5, 5.41) is 0. The van der Waals surface area contributed by atoms with Crippen molar-refractivity contribution in [3.63, 3.8) is 0 Å². The van der Waals surface area contributed by atoms with E-state index >= 15 is 0 Å². The smallest absolute Gasteiger partial charge is 0.338 e. The maximum absolute atomic E-state index is 11.5. The van der Waals surface area contributed by atoms with Crippen LogP contribution in [0.5, 0.6) is 0 Å². The van der Waals surface area contributed by atoms with Crippen LogP contribution < -0.4 is 0 Å². The Morgan fingerprint density at radius 2 is 2.00 bits per heavy atom. The van der Waals surface area contributed by atoms with Crippen molar-refractivity contribution in [3.05, 3.63) is 41.5 Å². The third-order valence-corrected chi connectivity index (χ3v) is 2.54. The predicted molar refractivity (Wildman–Crippen MR) is 61.3 cm³/mol. The van der Waals surface area contributed by atoms with Gasteiger partial charge in [-0.1, -0.05) is 18.2 Å². The van der Waals surface area contributed by atoms with E-state index in [1.807, 2.05) is 6.08 Å². The van der Waals surface area contributed by atoms with E-state index in [0.29, 0.717) is 17.7 Å². The number of ether oxygens (including phenoxy) is 2. The summed E-state index contributed by atoms with van der Waals surface area (Å²) in [7, 11) is 1.33. The SMILES string of the molecule is COC(=O)c1ccc(C2=CCCOC2=O)cc1. The van der Waals surface area contributed by atoms with Crippen LogP contribution in [-0.2, 0) is 14.3 Å². The van der Waals surface area contributed by atoms with Gasteiger partial charge in [0.1, 0.15) is 0 Å². The average molecular weight is 232 g/mol. The van der Waals surface area contributed by atoms with Gasteiger partial charge in [-0.15, -0.1) is 0 Å². The van der Waals surface area contributed by atoms with Crippen molar-refractivity contribution >= 4 is 17.5 Å². The molecule has 0 saturated heterocycles. The Kier molecular flexibility index (Phi) is 3.23. The van der Waals surface area contributed by atoms with Gasteiger partial charge in [-0.3, -0.25) is 0 Å². The number of carbonyl (C=O) groups is 2. The van der Waals surface area contributed by atoms with Gasteiger partial charge < -0.3 is 9.47 Å². The first-order valence-corrected chi connectivity index (χ1v) is 5.28. The Bertz CT molecular complexity index is 471. The monoisotopic (exact) mass is 232 g/mol. The minimum Gasteiger partial charge on any atom is -0.465 e. The molecular formula is C13H12O4. The maximum atomic E-state index is 11.5. The number of rotatable bonds is 2. The first-order valence-electron chi connectivity index (χ1n) is 5.28. The van der Waals surface area contributed by atoms with Crippen molar-refractivity contribution in [2.24, 2.45) is 0 Å². The fourth-order valence-electron chi connectivity index (χ4n) is 1.66. The topological polar surface area (TPSA) is 52.6 Å². The number of carbonyl (C=O) groups excluding carboxylic acids is 2. The molecule has 4 heteroatoms. The minimum absolute atomic E-state index is 0.318. The Morgan fingerprint density at radius 3 is 2.59 bits per heavy atom. The first-order chi connectivity index (χ1) is 8.22. The summed E-state index contributed by atoms with van der Waals surface area (Å²) in [6.07, 6.45) is 2.57. The van der Waals surface area contributed by atoms with Crippen LogP contribution in [0.4, 0.5) is 0 Å². The predicted octanol–water partition coefficient (Wildman–Crippen LogP) is 1.80. The molecule has 0 fully saturated rings. The van der Waals surface area contributed by atoms with Crippen LogP contribution in [0, 0.1) is 0 Å². The summed E-state index contributed by atoms with van der Waals surface area (Å²) >= 11 is 0. The second kappa shape index (κ2) is 4.82. The van der Waals surface area contributed by atoms with Crippen molar-refractivity contribution in [2.45, 2.75) is 6.42 Å². The molecule has 1 aliphatic heterocycles. The second-order valence-electron chi connectivity index (χ2n) is 3.61. The normalized spacial score (nSPS) is 14.9. The number of cyclic esters (lactones) is 1. The van der Waals surface area contributed by atoms with Gasteiger partial charge in [0.25, 0.3) is 0 Å². The molecule has 0 aromatic heterocycles. The Balaban J connectivity index is 2.26. The standard InChI is InChI=1S/C13H12O4/c1-16-12(14)10-6-4-9(5-7-10)11-3-2-8-17-13(11)15/h3-7H,2,8H2,1H3. The van der Waals surface area contributed by atoms with E-state index in [1.165, 1.54) is 7.11 Å². The molecule has 4 nitrogen and oxygen atoms in total. The molecule has 1 aromatic rings. The van der Waals surface area contributed by atoms with Gasteiger partial charge >= 0.3 is 11.9 Å². The Hall–Kier alpha value is -2.10. The van der Waals surface area contributed by atoms with E-state index in [2.05, 4.69) is 4.74 Å². The van der Waals surface area contributed by atoms with Crippen LogP contribution in [0.1, 0.15) is 22.3 Å². The molecule has 1 aliphatic rings. The summed E-state index contributed by atoms with van der Waals surface area (Å²) in [5.41, 5.74) is 1.76. The molecule has 2 rings (SSSR count). The molecule has 0 amide bonds. The lowest BCUT2D eigenvalue weighted by molar-refractivity contribution is -0.137. The van der Waals surface area contributed by atoms with Gasteiger partial charge in [0, 0.05) is 6.42 Å². The number of hydrogen-bond donors (Lipinski definition) is 0. The summed E-state index contributed by atoms with van der Waals surface area (Å²) in [6, 6.07) is 6.68. The van der Waals surface area contributed by atoms with Crippen LogP contribution in [0.15, 0.2) is 30.3 Å². The fourth-order valence-corrected chi connectivity index (χ4v) is 1.66. The second-order valence-corrected chi connectivity index (χ2v) is 3.61. The van der Waals surface area contributed by atoms with Gasteiger partial charge in [-0.2, -0.15) is 0 Å². The molecule has 0 atom stereocenters. The molecule has 1 heterocycles. The summed E-state index contributed by atoms with van der Waals surface area (Å²) < 4.78 is 9.54. The highest BCUT2D eigenvalue weighted by atomic mass is 16.5. The molecule has 0 bridgehead atoms. The third kappa shape index (κ3) is 2.36. The number of methoxy groups -OCH3 is 1. The highest BCUT2D eigenvalue weighted by molar-refractivity contribution is 6.17.